The summed E-state index contributed by atoms with van der Waals surface area (Å²) >= 11 is 6.07. The lowest BCUT2D eigenvalue weighted by Gasteiger charge is -2.32. The van der Waals surface area contributed by atoms with E-state index in [2.05, 4.69) is 5.32 Å². The van der Waals surface area contributed by atoms with Crippen LogP contribution in [0, 0.1) is 0 Å². The van der Waals surface area contributed by atoms with E-state index < -0.39 is 0 Å². The average molecular weight is 403 g/mol. The van der Waals surface area contributed by atoms with Crippen molar-refractivity contribution in [1.29, 1.82) is 0 Å². The Hall–Kier alpha value is -2.73. The van der Waals surface area contributed by atoms with Gasteiger partial charge >= 0.3 is 0 Å². The first-order chi connectivity index (χ1) is 13.6. The number of carbonyl (C=O) groups is 2. The van der Waals surface area contributed by atoms with Crippen molar-refractivity contribution in [1.82, 2.24) is 10.2 Å². The van der Waals surface area contributed by atoms with Crippen molar-refractivity contribution in [3.05, 3.63) is 59.1 Å². The second-order valence-corrected chi connectivity index (χ2v) is 6.96. The normalized spacial score (nSPS) is 14.4. The molecule has 0 aromatic heterocycles. The summed E-state index contributed by atoms with van der Waals surface area (Å²) in [5.74, 6) is 0.869. The van der Waals surface area contributed by atoms with E-state index in [9.17, 15) is 9.59 Å². The molecule has 6 nitrogen and oxygen atoms in total. The van der Waals surface area contributed by atoms with Crippen molar-refractivity contribution in [2.45, 2.75) is 18.9 Å². The number of hydrogen-bond donors (Lipinski definition) is 1. The number of ether oxygens (including phenoxy) is 2. The van der Waals surface area contributed by atoms with Crippen LogP contribution in [0.4, 0.5) is 0 Å². The number of nitrogens with zero attached hydrogens (tertiary/aromatic N) is 1. The highest BCUT2D eigenvalue weighted by Crippen LogP contribution is 2.25. The van der Waals surface area contributed by atoms with E-state index in [1.54, 1.807) is 48.4 Å². The quantitative estimate of drug-likeness (QED) is 0.806. The Kier molecular flexibility index (Phi) is 6.76. The first kappa shape index (κ1) is 20.0. The Morgan fingerprint density at radius 2 is 1.71 bits per heavy atom. The van der Waals surface area contributed by atoms with E-state index in [0.717, 1.165) is 0 Å². The van der Waals surface area contributed by atoms with Crippen molar-refractivity contribution in [2.24, 2.45) is 0 Å². The molecule has 148 valence electrons. The Balaban J connectivity index is 1.46. The van der Waals surface area contributed by atoms with Crippen molar-refractivity contribution < 1.29 is 19.1 Å². The molecule has 2 aromatic rings. The van der Waals surface area contributed by atoms with Gasteiger partial charge in [0.1, 0.15) is 0 Å². The Morgan fingerprint density at radius 1 is 1.07 bits per heavy atom. The second kappa shape index (κ2) is 9.46. The summed E-state index contributed by atoms with van der Waals surface area (Å²) in [7, 11) is 1.56. The minimum Gasteiger partial charge on any atom is -0.493 e. The fourth-order valence-corrected chi connectivity index (χ4v) is 3.37. The minimum absolute atomic E-state index is 0.0166. The van der Waals surface area contributed by atoms with Gasteiger partial charge in [0.05, 0.1) is 17.7 Å². The number of nitrogens with one attached hydrogen (secondary N) is 1. The maximum atomic E-state index is 12.4. The predicted molar refractivity (Wildman–Crippen MR) is 107 cm³/mol. The molecule has 1 aliphatic heterocycles. The lowest BCUT2D eigenvalue weighted by Crippen LogP contribution is -2.47. The van der Waals surface area contributed by atoms with Gasteiger partial charge in [0.15, 0.2) is 18.1 Å². The van der Waals surface area contributed by atoms with Gasteiger partial charge in [0.25, 0.3) is 11.8 Å². The third-order valence-electron chi connectivity index (χ3n) is 4.72. The summed E-state index contributed by atoms with van der Waals surface area (Å²) < 4.78 is 10.8. The Bertz CT molecular complexity index is 835. The first-order valence-electron chi connectivity index (χ1n) is 9.17. The average Bonchev–Trinajstić information content (AvgIpc) is 2.73. The fourth-order valence-electron chi connectivity index (χ4n) is 3.15. The van der Waals surface area contributed by atoms with E-state index in [0.29, 0.717) is 48.0 Å². The number of benzene rings is 2. The molecule has 1 saturated heterocycles. The van der Waals surface area contributed by atoms with Gasteiger partial charge in [-0.2, -0.15) is 0 Å². The zero-order valence-corrected chi connectivity index (χ0v) is 16.4. The van der Waals surface area contributed by atoms with E-state index in [1.165, 1.54) is 0 Å². The molecule has 0 bridgehead atoms. The standard InChI is InChI=1S/C21H23ClN2O4/c1-27-18-8-4-5-9-19(18)28-14-20(25)24-12-10-15(11-13-24)23-21(26)16-6-2-3-7-17(16)22/h2-9,15H,10-14H2,1H3,(H,23,26). The number of halogens is 1. The van der Waals surface area contributed by atoms with Crippen LogP contribution in [0.3, 0.4) is 0 Å². The zero-order valence-electron chi connectivity index (χ0n) is 15.7. The lowest BCUT2D eigenvalue weighted by atomic mass is 10.0. The van der Waals surface area contributed by atoms with Crippen LogP contribution in [-0.2, 0) is 4.79 Å². The van der Waals surface area contributed by atoms with Crippen molar-refractivity contribution >= 4 is 23.4 Å². The van der Waals surface area contributed by atoms with Gasteiger partial charge in [-0.15, -0.1) is 0 Å². The highest BCUT2D eigenvalue weighted by Gasteiger charge is 2.25. The molecule has 0 spiro atoms. The SMILES string of the molecule is COc1ccccc1OCC(=O)N1CCC(NC(=O)c2ccccc2Cl)CC1. The van der Waals surface area contributed by atoms with Crippen LogP contribution < -0.4 is 14.8 Å². The molecule has 0 saturated carbocycles. The van der Waals surface area contributed by atoms with Crippen LogP contribution >= 0.6 is 11.6 Å². The number of amides is 2. The Morgan fingerprint density at radius 3 is 2.39 bits per heavy atom. The van der Waals surface area contributed by atoms with Crippen molar-refractivity contribution in [3.8, 4) is 11.5 Å². The number of likely N-dealkylation sites (tertiary alicyclic amines) is 1. The molecule has 0 atom stereocenters. The highest BCUT2D eigenvalue weighted by atomic mass is 35.5. The number of para-hydroxylation sites is 2. The molecule has 2 amide bonds. The van der Waals surface area contributed by atoms with Crippen LogP contribution in [0.2, 0.25) is 5.02 Å². The Labute approximate surface area is 169 Å². The van der Waals surface area contributed by atoms with Gasteiger partial charge in [-0.25, -0.2) is 0 Å². The third kappa shape index (κ3) is 4.95. The van der Waals surface area contributed by atoms with Crippen LogP contribution in [0.5, 0.6) is 11.5 Å². The summed E-state index contributed by atoms with van der Waals surface area (Å²) in [5, 5.41) is 3.43. The second-order valence-electron chi connectivity index (χ2n) is 6.55. The van der Waals surface area contributed by atoms with Gasteiger partial charge in [-0.05, 0) is 37.1 Å². The highest BCUT2D eigenvalue weighted by molar-refractivity contribution is 6.33. The first-order valence-corrected chi connectivity index (χ1v) is 9.55. The largest absolute Gasteiger partial charge is 0.493 e. The van der Waals surface area contributed by atoms with Crippen LogP contribution in [0.1, 0.15) is 23.2 Å². The van der Waals surface area contributed by atoms with Gasteiger partial charge in [-0.3, -0.25) is 9.59 Å². The van der Waals surface area contributed by atoms with Crippen molar-refractivity contribution in [3.63, 3.8) is 0 Å². The molecule has 0 radical (unpaired) electrons. The third-order valence-corrected chi connectivity index (χ3v) is 5.05. The molecule has 0 aliphatic carbocycles. The van der Waals surface area contributed by atoms with Gasteiger partial charge in [0, 0.05) is 19.1 Å². The van der Waals surface area contributed by atoms with E-state index >= 15 is 0 Å². The number of rotatable bonds is 6. The molecular formula is C21H23ClN2O4. The maximum Gasteiger partial charge on any atom is 0.260 e. The van der Waals surface area contributed by atoms with E-state index in [-0.39, 0.29) is 24.5 Å². The smallest absolute Gasteiger partial charge is 0.260 e. The number of carbonyl (C=O) groups excluding carboxylic acids is 2. The number of methoxy groups -OCH3 is 1. The summed E-state index contributed by atoms with van der Waals surface area (Å²) in [5.41, 5.74) is 0.466. The maximum absolute atomic E-state index is 12.4. The molecule has 1 heterocycles. The molecule has 3 rings (SSSR count). The molecule has 7 heteroatoms. The molecular weight excluding hydrogens is 380 g/mol. The summed E-state index contributed by atoms with van der Waals surface area (Å²) in [6.07, 6.45) is 1.38. The van der Waals surface area contributed by atoms with Crippen LogP contribution in [0.15, 0.2) is 48.5 Å². The van der Waals surface area contributed by atoms with Crippen molar-refractivity contribution in [2.75, 3.05) is 26.8 Å². The van der Waals surface area contributed by atoms with E-state index in [1.807, 2.05) is 12.1 Å². The van der Waals surface area contributed by atoms with E-state index in [4.69, 9.17) is 21.1 Å². The van der Waals surface area contributed by atoms with Gasteiger partial charge < -0.3 is 19.7 Å². The molecule has 28 heavy (non-hydrogen) atoms. The predicted octanol–water partition coefficient (Wildman–Crippen LogP) is 3.15. The van der Waals surface area contributed by atoms with Gasteiger partial charge in [0.2, 0.25) is 0 Å². The number of piperidine rings is 1. The molecule has 1 N–H and O–H groups in total. The zero-order chi connectivity index (χ0) is 19.9. The topological polar surface area (TPSA) is 67.9 Å². The summed E-state index contributed by atoms with van der Waals surface area (Å²) in [4.78, 5) is 26.5. The number of hydrogen-bond acceptors (Lipinski definition) is 4. The fraction of sp³-hybridized carbons (Fsp3) is 0.333. The van der Waals surface area contributed by atoms with Crippen LogP contribution in [0.25, 0.3) is 0 Å². The van der Waals surface area contributed by atoms with Gasteiger partial charge in [-0.1, -0.05) is 35.9 Å². The molecule has 1 aliphatic rings. The summed E-state index contributed by atoms with van der Waals surface area (Å²) in [6, 6.07) is 14.2. The molecule has 1 fully saturated rings. The minimum atomic E-state index is -0.185. The molecule has 0 unspecified atom stereocenters. The van der Waals surface area contributed by atoms with Crippen LogP contribution in [-0.4, -0.2) is 49.6 Å². The lowest BCUT2D eigenvalue weighted by molar-refractivity contribution is -0.134. The monoisotopic (exact) mass is 402 g/mol. The molecule has 2 aromatic carbocycles. The summed E-state index contributed by atoms with van der Waals surface area (Å²) in [6.45, 7) is 1.10.